The van der Waals surface area contributed by atoms with Crippen molar-refractivity contribution in [1.29, 1.82) is 0 Å². The van der Waals surface area contributed by atoms with E-state index >= 15 is 0 Å². The summed E-state index contributed by atoms with van der Waals surface area (Å²) in [5.41, 5.74) is 0. The average molecular weight is 308 g/mol. The summed E-state index contributed by atoms with van der Waals surface area (Å²) in [5, 5.41) is 7.42. The zero-order valence-electron chi connectivity index (χ0n) is 13.4. The van der Waals surface area contributed by atoms with E-state index in [1.54, 1.807) is 0 Å². The molecule has 1 fully saturated rings. The lowest BCUT2D eigenvalue weighted by atomic mass is 10.0. The number of Topliss-reactive ketones (excluding diaryl/α,β-unsaturated/α-hetero) is 2. The van der Waals surface area contributed by atoms with E-state index < -0.39 is 5.97 Å². The van der Waals surface area contributed by atoms with Gasteiger partial charge in [-0.2, -0.15) is 0 Å². The predicted octanol–water partition coefficient (Wildman–Crippen LogP) is 3.27. The van der Waals surface area contributed by atoms with E-state index in [2.05, 4.69) is 4.74 Å². The third-order valence-electron chi connectivity index (χ3n) is 1.10. The number of hydrogen-bond acceptors (Lipinski definition) is 5. The van der Waals surface area contributed by atoms with Gasteiger partial charge in [0.15, 0.2) is 0 Å². The van der Waals surface area contributed by atoms with Crippen LogP contribution >= 0.6 is 0 Å². The molecule has 128 valence electrons. The molecule has 0 spiro atoms. The second-order valence-electron chi connectivity index (χ2n) is 4.08. The molecule has 0 atom stereocenters. The highest BCUT2D eigenvalue weighted by Gasteiger charge is 1.95. The molecule has 0 aromatic heterocycles. The first-order chi connectivity index (χ1) is 9.11. The van der Waals surface area contributed by atoms with Gasteiger partial charge in [0.25, 0.3) is 12.4 Å². The van der Waals surface area contributed by atoms with Gasteiger partial charge in [0.1, 0.15) is 11.6 Å². The number of aliphatic carboxylic acids is 1. The number of ketones is 2. The van der Waals surface area contributed by atoms with Gasteiger partial charge in [-0.05, 0) is 27.7 Å². The molecule has 1 aliphatic carbocycles. The Morgan fingerprint density at radius 3 is 0.952 bits per heavy atom. The van der Waals surface area contributed by atoms with Crippen LogP contribution in [-0.2, 0) is 23.9 Å². The first kappa shape index (κ1) is 31.6. The van der Waals surface area contributed by atoms with Gasteiger partial charge >= 0.3 is 0 Å². The fraction of sp³-hybridized carbons (Fsp3) is 0.733. The topological polar surface area (TPSA) is 97.7 Å². The molecule has 6 heteroatoms. The highest BCUT2D eigenvalue weighted by atomic mass is 16.5. The van der Waals surface area contributed by atoms with E-state index in [4.69, 9.17) is 14.7 Å². The van der Waals surface area contributed by atoms with Gasteiger partial charge in [0, 0.05) is 6.92 Å². The predicted molar refractivity (Wildman–Crippen MR) is 84.3 cm³/mol. The Labute approximate surface area is 128 Å². The summed E-state index contributed by atoms with van der Waals surface area (Å²) in [6.45, 7) is 7.57. The highest BCUT2D eigenvalue weighted by molar-refractivity contribution is 5.72. The molecule has 0 saturated heterocycles. The van der Waals surface area contributed by atoms with Gasteiger partial charge in [-0.3, -0.25) is 9.59 Å². The second-order valence-corrected chi connectivity index (χ2v) is 4.08. The summed E-state index contributed by atoms with van der Waals surface area (Å²) in [4.78, 5) is 36.8. The lowest BCUT2D eigenvalue weighted by Gasteiger charge is -2.05. The standard InChI is InChI=1S/C4H8.2C3H6O.2C2H4O2.CH4/c1-2-4-3-1;2*1-3(2)4;1-4-2-3;1-2(3)4;/h1-4H2;2*1-2H3;2H,1H3;1H3,(H,3,4);1H4. The van der Waals surface area contributed by atoms with E-state index in [1.165, 1.54) is 60.5 Å². The van der Waals surface area contributed by atoms with Crippen LogP contribution in [0.25, 0.3) is 0 Å². The molecule has 6 nitrogen and oxygen atoms in total. The maximum atomic E-state index is 9.44. The first-order valence-corrected chi connectivity index (χ1v) is 6.22. The summed E-state index contributed by atoms with van der Waals surface area (Å²) in [6, 6.07) is 0. The number of carbonyl (C=O) groups is 4. The van der Waals surface area contributed by atoms with Crippen LogP contribution in [0, 0.1) is 0 Å². The smallest absolute Gasteiger partial charge is 0.300 e. The summed E-state index contributed by atoms with van der Waals surface area (Å²) in [5.74, 6) is -0.500. The van der Waals surface area contributed by atoms with E-state index in [9.17, 15) is 9.59 Å². The van der Waals surface area contributed by atoms with Crippen molar-refractivity contribution in [2.75, 3.05) is 7.11 Å². The van der Waals surface area contributed by atoms with Gasteiger partial charge in [0.2, 0.25) is 0 Å². The van der Waals surface area contributed by atoms with Crippen molar-refractivity contribution in [3.63, 3.8) is 0 Å². The minimum atomic E-state index is -0.833. The molecular weight excluding hydrogens is 276 g/mol. The highest BCUT2D eigenvalue weighted by Crippen LogP contribution is 2.15. The van der Waals surface area contributed by atoms with Gasteiger partial charge in [-0.1, -0.05) is 33.1 Å². The van der Waals surface area contributed by atoms with Crippen LogP contribution in [0.3, 0.4) is 0 Å². The molecule has 1 N–H and O–H groups in total. The van der Waals surface area contributed by atoms with Crippen LogP contribution in [0.2, 0.25) is 0 Å². The lowest BCUT2D eigenvalue weighted by molar-refractivity contribution is -0.134. The SMILES string of the molecule is C.C1CCC1.CC(=O)O.CC(C)=O.CC(C)=O.COC=O. The van der Waals surface area contributed by atoms with Gasteiger partial charge in [0.05, 0.1) is 7.11 Å². The lowest BCUT2D eigenvalue weighted by Crippen LogP contribution is -1.85. The summed E-state index contributed by atoms with van der Waals surface area (Å²) >= 11 is 0. The molecule has 21 heavy (non-hydrogen) atoms. The Bertz CT molecular complexity index is 200. The van der Waals surface area contributed by atoms with Crippen molar-refractivity contribution in [3.05, 3.63) is 0 Å². The van der Waals surface area contributed by atoms with Crippen molar-refractivity contribution in [2.24, 2.45) is 0 Å². The minimum Gasteiger partial charge on any atom is -0.481 e. The van der Waals surface area contributed by atoms with Crippen LogP contribution in [-0.4, -0.2) is 36.2 Å². The monoisotopic (exact) mass is 308 g/mol. The molecule has 0 aromatic rings. The Kier molecular flexibility index (Phi) is 46.6. The van der Waals surface area contributed by atoms with Crippen LogP contribution in [0.4, 0.5) is 0 Å². The van der Waals surface area contributed by atoms with Gasteiger partial charge in [-0.25, -0.2) is 0 Å². The zero-order valence-corrected chi connectivity index (χ0v) is 13.4. The minimum absolute atomic E-state index is 0. The van der Waals surface area contributed by atoms with Crippen molar-refractivity contribution in [3.8, 4) is 0 Å². The number of rotatable bonds is 1. The zero-order chi connectivity index (χ0) is 17.0. The maximum absolute atomic E-state index is 9.44. The third kappa shape index (κ3) is 450. The van der Waals surface area contributed by atoms with Gasteiger partial charge < -0.3 is 19.4 Å². The summed E-state index contributed by atoms with van der Waals surface area (Å²) in [6.07, 6.45) is 6.00. The molecule has 0 bridgehead atoms. The number of ether oxygens (including phenoxy) is 1. The maximum Gasteiger partial charge on any atom is 0.300 e. The Morgan fingerprint density at radius 1 is 0.857 bits per heavy atom. The molecule has 1 aliphatic rings. The van der Waals surface area contributed by atoms with E-state index in [1.807, 2.05) is 0 Å². The van der Waals surface area contributed by atoms with E-state index in [0.29, 0.717) is 6.47 Å². The van der Waals surface area contributed by atoms with Crippen molar-refractivity contribution >= 4 is 24.0 Å². The Morgan fingerprint density at radius 2 is 0.952 bits per heavy atom. The molecule has 0 aliphatic heterocycles. The quantitative estimate of drug-likeness (QED) is 0.746. The fourth-order valence-corrected chi connectivity index (χ4v) is 0.250. The third-order valence-corrected chi connectivity index (χ3v) is 1.10. The molecule has 1 rings (SSSR count). The number of methoxy groups -OCH3 is 1. The molecule has 0 aromatic carbocycles. The van der Waals surface area contributed by atoms with E-state index in [0.717, 1.165) is 6.92 Å². The molecule has 0 heterocycles. The first-order valence-electron chi connectivity index (χ1n) is 6.22. The largest absolute Gasteiger partial charge is 0.481 e. The Hall–Kier alpha value is -1.72. The summed E-state index contributed by atoms with van der Waals surface area (Å²) < 4.78 is 3.86. The number of carboxylic acids is 1. The van der Waals surface area contributed by atoms with Crippen LogP contribution in [0.15, 0.2) is 0 Å². The molecule has 1 saturated carbocycles. The number of carboxylic acid groups (broad SMARTS) is 1. The summed E-state index contributed by atoms with van der Waals surface area (Å²) in [7, 11) is 1.31. The number of hydrogen-bond donors (Lipinski definition) is 1. The molecule has 0 unspecified atom stereocenters. The number of carbonyl (C=O) groups excluding carboxylic acids is 3. The second kappa shape index (κ2) is 31.0. The van der Waals surface area contributed by atoms with Crippen LogP contribution in [0.5, 0.6) is 0 Å². The van der Waals surface area contributed by atoms with E-state index in [-0.39, 0.29) is 19.0 Å². The normalized spacial score (nSPS) is 9.24. The molecule has 0 radical (unpaired) electrons. The van der Waals surface area contributed by atoms with Crippen molar-refractivity contribution in [1.82, 2.24) is 0 Å². The average Bonchev–Trinajstić information content (AvgIpc) is 2.11. The molecule has 0 amide bonds. The van der Waals surface area contributed by atoms with Crippen molar-refractivity contribution < 1.29 is 29.0 Å². The fourth-order valence-electron chi connectivity index (χ4n) is 0.250. The van der Waals surface area contributed by atoms with Crippen molar-refractivity contribution in [2.45, 2.75) is 67.7 Å². The van der Waals surface area contributed by atoms with Crippen LogP contribution < -0.4 is 0 Å². The Balaban J connectivity index is -0.0000000502. The van der Waals surface area contributed by atoms with Crippen LogP contribution in [0.1, 0.15) is 67.7 Å². The molecular formula is C15H32O6. The van der Waals surface area contributed by atoms with Gasteiger partial charge in [-0.15, -0.1) is 0 Å².